The smallest absolute Gasteiger partial charge is 0.265 e. The summed E-state index contributed by atoms with van der Waals surface area (Å²) in [5.41, 5.74) is 2.73. The summed E-state index contributed by atoms with van der Waals surface area (Å²) in [5, 5.41) is 2.83. The van der Waals surface area contributed by atoms with Gasteiger partial charge in [-0.2, -0.15) is 0 Å². The van der Waals surface area contributed by atoms with Crippen LogP contribution in [-0.2, 0) is 22.9 Å². The number of amides is 1. The molecule has 0 saturated carbocycles. The molecule has 1 amide bonds. The SMILES string of the molecule is CCCCNC(=O)c1ccccc1NS(=O)(=O)c1cc2c(cc1OC)CCCC2. The Morgan fingerprint density at radius 2 is 1.79 bits per heavy atom. The number of fused-ring (bicyclic) bond motifs is 1. The molecule has 0 spiro atoms. The minimum atomic E-state index is -3.93. The third kappa shape index (κ3) is 4.90. The zero-order valence-corrected chi connectivity index (χ0v) is 17.8. The van der Waals surface area contributed by atoms with Crippen LogP contribution < -0.4 is 14.8 Å². The number of unbranched alkanes of at least 4 members (excludes halogenated alkanes) is 1. The fraction of sp³-hybridized carbons (Fsp3) is 0.409. The van der Waals surface area contributed by atoms with E-state index in [2.05, 4.69) is 10.0 Å². The highest BCUT2D eigenvalue weighted by Crippen LogP contribution is 2.33. The van der Waals surface area contributed by atoms with E-state index in [0.29, 0.717) is 17.9 Å². The van der Waals surface area contributed by atoms with Gasteiger partial charge >= 0.3 is 0 Å². The van der Waals surface area contributed by atoms with Gasteiger partial charge in [-0.25, -0.2) is 8.42 Å². The standard InChI is InChI=1S/C22H28N2O4S/c1-3-4-13-23-22(25)18-11-7-8-12-19(18)24-29(26,27)21-15-17-10-6-5-9-16(17)14-20(21)28-2/h7-8,11-12,14-15,24H,3-6,9-10,13H2,1-2H3,(H,23,25). The second-order valence-corrected chi connectivity index (χ2v) is 8.89. The molecule has 0 aliphatic heterocycles. The normalized spacial score (nSPS) is 13.4. The monoisotopic (exact) mass is 416 g/mol. The summed E-state index contributed by atoms with van der Waals surface area (Å²) >= 11 is 0. The number of benzene rings is 2. The van der Waals surface area contributed by atoms with Crippen LogP contribution in [0.5, 0.6) is 5.75 Å². The molecule has 0 saturated heterocycles. The van der Waals surface area contributed by atoms with Crippen molar-refractivity contribution in [3.05, 3.63) is 53.1 Å². The minimum Gasteiger partial charge on any atom is -0.495 e. The summed E-state index contributed by atoms with van der Waals surface area (Å²) in [6.07, 6.45) is 5.77. The van der Waals surface area contributed by atoms with Crippen LogP contribution in [0.2, 0.25) is 0 Å². The number of anilines is 1. The van der Waals surface area contributed by atoms with E-state index in [9.17, 15) is 13.2 Å². The summed E-state index contributed by atoms with van der Waals surface area (Å²) in [5.74, 6) is 0.0252. The van der Waals surface area contributed by atoms with Crippen molar-refractivity contribution in [3.63, 3.8) is 0 Å². The average molecular weight is 417 g/mol. The Morgan fingerprint density at radius 1 is 1.10 bits per heavy atom. The first-order chi connectivity index (χ1) is 14.0. The molecular weight excluding hydrogens is 388 g/mol. The van der Waals surface area contributed by atoms with E-state index in [1.165, 1.54) is 7.11 Å². The summed E-state index contributed by atoms with van der Waals surface area (Å²) in [7, 11) is -2.45. The van der Waals surface area contributed by atoms with Crippen LogP contribution >= 0.6 is 0 Å². The molecule has 3 rings (SSSR count). The van der Waals surface area contributed by atoms with Crippen molar-refractivity contribution in [2.45, 2.75) is 50.3 Å². The number of carbonyl (C=O) groups is 1. The highest BCUT2D eigenvalue weighted by molar-refractivity contribution is 7.92. The van der Waals surface area contributed by atoms with Crippen LogP contribution in [-0.4, -0.2) is 28.0 Å². The lowest BCUT2D eigenvalue weighted by Gasteiger charge is -2.20. The molecule has 0 fully saturated rings. The Hall–Kier alpha value is -2.54. The highest BCUT2D eigenvalue weighted by Gasteiger charge is 2.25. The first-order valence-corrected chi connectivity index (χ1v) is 11.5. The van der Waals surface area contributed by atoms with Crippen LogP contribution in [0.4, 0.5) is 5.69 Å². The topological polar surface area (TPSA) is 84.5 Å². The minimum absolute atomic E-state index is 0.0989. The summed E-state index contributed by atoms with van der Waals surface area (Å²) in [6, 6.07) is 10.2. The molecule has 2 N–H and O–H groups in total. The van der Waals surface area contributed by atoms with Gasteiger partial charge in [0.15, 0.2) is 0 Å². The van der Waals surface area contributed by atoms with E-state index >= 15 is 0 Å². The third-order valence-corrected chi connectivity index (χ3v) is 6.54. The second-order valence-electron chi connectivity index (χ2n) is 7.24. The maximum atomic E-state index is 13.2. The Bertz CT molecular complexity index is 986. The van der Waals surface area contributed by atoms with E-state index in [-0.39, 0.29) is 16.5 Å². The number of methoxy groups -OCH3 is 1. The molecule has 0 atom stereocenters. The summed E-state index contributed by atoms with van der Waals surface area (Å²) in [6.45, 7) is 2.59. The van der Waals surface area contributed by atoms with Crippen molar-refractivity contribution >= 4 is 21.6 Å². The number of carbonyl (C=O) groups excluding carboxylic acids is 1. The van der Waals surface area contributed by atoms with E-state index < -0.39 is 10.0 Å². The average Bonchev–Trinajstić information content (AvgIpc) is 2.73. The molecule has 29 heavy (non-hydrogen) atoms. The Balaban J connectivity index is 1.92. The number of aryl methyl sites for hydroxylation is 2. The number of hydrogen-bond acceptors (Lipinski definition) is 4. The van der Waals surface area contributed by atoms with E-state index in [4.69, 9.17) is 4.74 Å². The molecule has 0 heterocycles. The number of ether oxygens (including phenoxy) is 1. The Kier molecular flexibility index (Phi) is 6.79. The van der Waals surface area contributed by atoms with Gasteiger partial charge in [-0.15, -0.1) is 0 Å². The lowest BCUT2D eigenvalue weighted by atomic mass is 9.92. The predicted octanol–water partition coefficient (Wildman–Crippen LogP) is 3.90. The molecule has 1 aliphatic rings. The summed E-state index contributed by atoms with van der Waals surface area (Å²) < 4.78 is 34.3. The first-order valence-electron chi connectivity index (χ1n) is 10.1. The lowest BCUT2D eigenvalue weighted by Crippen LogP contribution is -2.26. The van der Waals surface area contributed by atoms with E-state index in [1.807, 2.05) is 13.0 Å². The molecule has 0 bridgehead atoms. The van der Waals surface area contributed by atoms with E-state index in [0.717, 1.165) is 49.7 Å². The van der Waals surface area contributed by atoms with Gasteiger partial charge in [-0.3, -0.25) is 9.52 Å². The van der Waals surface area contributed by atoms with Crippen LogP contribution in [0.1, 0.15) is 54.1 Å². The largest absolute Gasteiger partial charge is 0.495 e. The van der Waals surface area contributed by atoms with Crippen LogP contribution in [0.25, 0.3) is 0 Å². The Labute approximate surface area is 172 Å². The van der Waals surface area contributed by atoms with Gasteiger partial charge in [0.1, 0.15) is 10.6 Å². The van der Waals surface area contributed by atoms with Crippen LogP contribution in [0.3, 0.4) is 0 Å². The molecular formula is C22H28N2O4S. The second kappa shape index (κ2) is 9.31. The molecule has 1 aliphatic carbocycles. The predicted molar refractivity (Wildman–Crippen MR) is 114 cm³/mol. The molecule has 0 aromatic heterocycles. The number of nitrogens with one attached hydrogen (secondary N) is 2. The van der Waals surface area contributed by atoms with Gasteiger partial charge in [0.25, 0.3) is 15.9 Å². The maximum absolute atomic E-state index is 13.2. The fourth-order valence-corrected chi connectivity index (χ4v) is 4.84. The zero-order chi connectivity index (χ0) is 20.9. The first kappa shape index (κ1) is 21.2. The van der Waals surface area contributed by atoms with Gasteiger partial charge in [0, 0.05) is 6.54 Å². The lowest BCUT2D eigenvalue weighted by molar-refractivity contribution is 0.0954. The van der Waals surface area contributed by atoms with Gasteiger partial charge in [0.2, 0.25) is 0 Å². The van der Waals surface area contributed by atoms with Crippen molar-refractivity contribution in [2.75, 3.05) is 18.4 Å². The molecule has 0 radical (unpaired) electrons. The number of hydrogen-bond donors (Lipinski definition) is 2. The van der Waals surface area contributed by atoms with Crippen molar-refractivity contribution in [3.8, 4) is 5.75 Å². The molecule has 2 aromatic rings. The molecule has 6 nitrogen and oxygen atoms in total. The third-order valence-electron chi connectivity index (χ3n) is 5.15. The van der Waals surface area contributed by atoms with Crippen molar-refractivity contribution < 1.29 is 17.9 Å². The molecule has 2 aromatic carbocycles. The van der Waals surface area contributed by atoms with Crippen molar-refractivity contribution in [1.82, 2.24) is 5.32 Å². The van der Waals surface area contributed by atoms with Gasteiger partial charge in [-0.1, -0.05) is 25.5 Å². The molecule has 7 heteroatoms. The number of rotatable bonds is 8. The fourth-order valence-electron chi connectivity index (χ4n) is 3.55. The van der Waals surface area contributed by atoms with Gasteiger partial charge in [-0.05, 0) is 67.5 Å². The van der Waals surface area contributed by atoms with Gasteiger partial charge < -0.3 is 10.1 Å². The van der Waals surface area contributed by atoms with E-state index in [1.54, 1.807) is 30.3 Å². The van der Waals surface area contributed by atoms with Gasteiger partial charge in [0.05, 0.1) is 18.4 Å². The molecule has 156 valence electrons. The number of sulfonamides is 1. The maximum Gasteiger partial charge on any atom is 0.265 e. The van der Waals surface area contributed by atoms with Crippen LogP contribution in [0, 0.1) is 0 Å². The van der Waals surface area contributed by atoms with Crippen LogP contribution in [0.15, 0.2) is 41.3 Å². The van der Waals surface area contributed by atoms with Crippen molar-refractivity contribution in [1.29, 1.82) is 0 Å². The quantitative estimate of drug-likeness (QED) is 0.639. The summed E-state index contributed by atoms with van der Waals surface area (Å²) in [4.78, 5) is 12.6. The molecule has 0 unspecified atom stereocenters. The Morgan fingerprint density at radius 3 is 2.48 bits per heavy atom. The highest BCUT2D eigenvalue weighted by atomic mass is 32.2. The zero-order valence-electron chi connectivity index (χ0n) is 17.0. The van der Waals surface area contributed by atoms with Crippen molar-refractivity contribution in [2.24, 2.45) is 0 Å². The number of para-hydroxylation sites is 1.